The second-order valence-corrected chi connectivity index (χ2v) is 3.84. The molecular formula is C13H14N2O2. The normalized spacial score (nSPS) is 10.6. The number of rotatable bonds is 5. The number of hydrogen-bond donors (Lipinski definition) is 2. The molecule has 0 aliphatic rings. The van der Waals surface area contributed by atoms with E-state index in [1.807, 2.05) is 36.7 Å². The highest BCUT2D eigenvalue weighted by molar-refractivity contribution is 5.84. The van der Waals surface area contributed by atoms with Crippen LogP contribution in [0.4, 0.5) is 0 Å². The second-order valence-electron chi connectivity index (χ2n) is 3.84. The van der Waals surface area contributed by atoms with Crippen LogP contribution >= 0.6 is 0 Å². The third kappa shape index (κ3) is 3.01. The van der Waals surface area contributed by atoms with Crippen LogP contribution in [0, 0.1) is 0 Å². The molecule has 0 amide bonds. The fourth-order valence-electron chi connectivity index (χ4n) is 1.74. The minimum Gasteiger partial charge on any atom is -0.481 e. The predicted octanol–water partition coefficient (Wildman–Crippen LogP) is 1.80. The Morgan fingerprint density at radius 1 is 1.29 bits per heavy atom. The van der Waals surface area contributed by atoms with Crippen molar-refractivity contribution in [2.24, 2.45) is 0 Å². The standard InChI is InChI=1S/C13H14N2O2/c16-13(17)5-6-14-8-11-9-15-7-10-3-1-2-4-12(10)11/h1-4,7,9,14H,5-6,8H2,(H,16,17). The molecule has 0 aliphatic carbocycles. The van der Waals surface area contributed by atoms with Gasteiger partial charge in [-0.2, -0.15) is 0 Å². The lowest BCUT2D eigenvalue weighted by Gasteiger charge is -2.06. The lowest BCUT2D eigenvalue weighted by molar-refractivity contribution is -0.136. The van der Waals surface area contributed by atoms with E-state index in [0.29, 0.717) is 13.1 Å². The van der Waals surface area contributed by atoms with E-state index in [9.17, 15) is 4.79 Å². The molecule has 2 rings (SSSR count). The summed E-state index contributed by atoms with van der Waals surface area (Å²) in [6.45, 7) is 1.11. The van der Waals surface area contributed by atoms with E-state index in [1.54, 1.807) is 0 Å². The van der Waals surface area contributed by atoms with Crippen molar-refractivity contribution in [2.75, 3.05) is 6.54 Å². The summed E-state index contributed by atoms with van der Waals surface area (Å²) < 4.78 is 0. The summed E-state index contributed by atoms with van der Waals surface area (Å²) >= 11 is 0. The number of carbonyl (C=O) groups is 1. The first-order chi connectivity index (χ1) is 8.27. The Labute approximate surface area is 99.3 Å². The van der Waals surface area contributed by atoms with Crippen molar-refractivity contribution in [3.05, 3.63) is 42.2 Å². The quantitative estimate of drug-likeness (QED) is 0.769. The molecule has 0 spiro atoms. The molecule has 4 heteroatoms. The zero-order chi connectivity index (χ0) is 12.1. The molecule has 2 aromatic rings. The smallest absolute Gasteiger partial charge is 0.304 e. The summed E-state index contributed by atoms with van der Waals surface area (Å²) in [7, 11) is 0. The van der Waals surface area contributed by atoms with Gasteiger partial charge in [-0.1, -0.05) is 24.3 Å². The molecule has 0 bridgehead atoms. The van der Waals surface area contributed by atoms with Gasteiger partial charge in [-0.15, -0.1) is 0 Å². The van der Waals surface area contributed by atoms with Crippen molar-refractivity contribution >= 4 is 16.7 Å². The van der Waals surface area contributed by atoms with Crippen LogP contribution in [-0.2, 0) is 11.3 Å². The molecule has 4 nitrogen and oxygen atoms in total. The Bertz CT molecular complexity index is 520. The summed E-state index contributed by atoms with van der Waals surface area (Å²) in [6.07, 6.45) is 3.78. The molecule has 0 radical (unpaired) electrons. The Hall–Kier alpha value is -1.94. The number of fused-ring (bicyclic) bond motifs is 1. The number of carboxylic acids is 1. The van der Waals surface area contributed by atoms with E-state index < -0.39 is 5.97 Å². The zero-order valence-electron chi connectivity index (χ0n) is 9.39. The summed E-state index contributed by atoms with van der Waals surface area (Å²) in [5, 5.41) is 13.9. The Kier molecular flexibility index (Phi) is 3.67. The molecule has 1 aromatic carbocycles. The molecule has 0 saturated heterocycles. The average molecular weight is 230 g/mol. The molecular weight excluding hydrogens is 216 g/mol. The number of hydrogen-bond acceptors (Lipinski definition) is 3. The first-order valence-corrected chi connectivity index (χ1v) is 5.51. The lowest BCUT2D eigenvalue weighted by atomic mass is 10.1. The van der Waals surface area contributed by atoms with E-state index >= 15 is 0 Å². The van der Waals surface area contributed by atoms with E-state index in [-0.39, 0.29) is 6.42 Å². The topological polar surface area (TPSA) is 62.2 Å². The summed E-state index contributed by atoms with van der Waals surface area (Å²) in [6, 6.07) is 8.03. The maximum absolute atomic E-state index is 10.4. The van der Waals surface area contributed by atoms with Crippen LogP contribution in [-0.4, -0.2) is 22.6 Å². The Morgan fingerprint density at radius 2 is 2.12 bits per heavy atom. The van der Waals surface area contributed by atoms with Gasteiger partial charge in [0.25, 0.3) is 0 Å². The van der Waals surface area contributed by atoms with Gasteiger partial charge in [-0.25, -0.2) is 0 Å². The minimum atomic E-state index is -0.784. The summed E-state index contributed by atoms with van der Waals surface area (Å²) in [4.78, 5) is 14.5. The van der Waals surface area contributed by atoms with Gasteiger partial charge >= 0.3 is 5.97 Å². The van der Waals surface area contributed by atoms with Gasteiger partial charge in [-0.05, 0) is 10.9 Å². The van der Waals surface area contributed by atoms with Crippen LogP contribution in [0.5, 0.6) is 0 Å². The molecule has 2 N–H and O–H groups in total. The van der Waals surface area contributed by atoms with Crippen LogP contribution in [0.25, 0.3) is 10.8 Å². The fraction of sp³-hybridized carbons (Fsp3) is 0.231. The molecule has 1 heterocycles. The van der Waals surface area contributed by atoms with Crippen LogP contribution < -0.4 is 5.32 Å². The number of aliphatic carboxylic acids is 1. The zero-order valence-corrected chi connectivity index (χ0v) is 9.39. The number of carboxylic acid groups (broad SMARTS) is 1. The van der Waals surface area contributed by atoms with E-state index in [0.717, 1.165) is 16.3 Å². The van der Waals surface area contributed by atoms with Crippen LogP contribution in [0.1, 0.15) is 12.0 Å². The highest BCUT2D eigenvalue weighted by Crippen LogP contribution is 2.16. The van der Waals surface area contributed by atoms with Crippen molar-refractivity contribution in [1.29, 1.82) is 0 Å². The van der Waals surface area contributed by atoms with Crippen LogP contribution in [0.2, 0.25) is 0 Å². The van der Waals surface area contributed by atoms with E-state index in [4.69, 9.17) is 5.11 Å². The number of nitrogens with zero attached hydrogens (tertiary/aromatic N) is 1. The van der Waals surface area contributed by atoms with Gasteiger partial charge in [-0.3, -0.25) is 9.78 Å². The maximum Gasteiger partial charge on any atom is 0.304 e. The largest absolute Gasteiger partial charge is 0.481 e. The van der Waals surface area contributed by atoms with Crippen LogP contribution in [0.15, 0.2) is 36.7 Å². The lowest BCUT2D eigenvalue weighted by Crippen LogP contribution is -2.17. The van der Waals surface area contributed by atoms with Crippen molar-refractivity contribution in [2.45, 2.75) is 13.0 Å². The molecule has 0 unspecified atom stereocenters. The fourth-order valence-corrected chi connectivity index (χ4v) is 1.74. The molecule has 0 fully saturated rings. The molecule has 17 heavy (non-hydrogen) atoms. The van der Waals surface area contributed by atoms with Gasteiger partial charge in [0, 0.05) is 30.9 Å². The minimum absolute atomic E-state index is 0.137. The van der Waals surface area contributed by atoms with E-state index in [1.165, 1.54) is 0 Å². The van der Waals surface area contributed by atoms with Crippen LogP contribution in [0.3, 0.4) is 0 Å². The molecule has 88 valence electrons. The predicted molar refractivity (Wildman–Crippen MR) is 65.7 cm³/mol. The van der Waals surface area contributed by atoms with Crippen molar-refractivity contribution in [3.8, 4) is 0 Å². The third-order valence-corrected chi connectivity index (χ3v) is 2.58. The first kappa shape index (κ1) is 11.5. The molecule has 1 aromatic heterocycles. The maximum atomic E-state index is 10.4. The molecule has 0 atom stereocenters. The van der Waals surface area contributed by atoms with Crippen molar-refractivity contribution in [3.63, 3.8) is 0 Å². The highest BCUT2D eigenvalue weighted by Gasteiger charge is 2.01. The van der Waals surface area contributed by atoms with Crippen molar-refractivity contribution in [1.82, 2.24) is 10.3 Å². The Balaban J connectivity index is 2.05. The number of aromatic nitrogens is 1. The second kappa shape index (κ2) is 5.41. The Morgan fingerprint density at radius 3 is 2.94 bits per heavy atom. The van der Waals surface area contributed by atoms with Gasteiger partial charge in [0.1, 0.15) is 0 Å². The van der Waals surface area contributed by atoms with E-state index in [2.05, 4.69) is 10.3 Å². The number of benzene rings is 1. The van der Waals surface area contributed by atoms with Gasteiger partial charge in [0.05, 0.1) is 6.42 Å². The van der Waals surface area contributed by atoms with Crippen molar-refractivity contribution < 1.29 is 9.90 Å². The highest BCUT2D eigenvalue weighted by atomic mass is 16.4. The molecule has 0 aliphatic heterocycles. The first-order valence-electron chi connectivity index (χ1n) is 5.51. The van der Waals surface area contributed by atoms with Gasteiger partial charge in [0.2, 0.25) is 0 Å². The summed E-state index contributed by atoms with van der Waals surface area (Å²) in [5.74, 6) is -0.784. The number of nitrogens with one attached hydrogen (secondary N) is 1. The average Bonchev–Trinajstić information content (AvgIpc) is 2.34. The monoisotopic (exact) mass is 230 g/mol. The number of pyridine rings is 1. The summed E-state index contributed by atoms with van der Waals surface area (Å²) in [5.41, 5.74) is 1.09. The molecule has 0 saturated carbocycles. The van der Waals surface area contributed by atoms with Gasteiger partial charge < -0.3 is 10.4 Å². The van der Waals surface area contributed by atoms with Gasteiger partial charge in [0.15, 0.2) is 0 Å². The SMILES string of the molecule is O=C(O)CCNCc1cncc2ccccc12. The third-order valence-electron chi connectivity index (χ3n) is 2.58.